The van der Waals surface area contributed by atoms with E-state index in [2.05, 4.69) is 18.3 Å². The van der Waals surface area contributed by atoms with Crippen molar-refractivity contribution in [1.29, 1.82) is 0 Å². The van der Waals surface area contributed by atoms with Crippen LogP contribution in [-0.2, 0) is 4.74 Å². The molecule has 1 heterocycles. The normalized spacial score (nSPS) is 26.6. The van der Waals surface area contributed by atoms with Crippen molar-refractivity contribution in [3.05, 3.63) is 23.8 Å². The maximum absolute atomic E-state index is 5.91. The summed E-state index contributed by atoms with van der Waals surface area (Å²) in [6.07, 6.45) is 4.15. The monoisotopic (exact) mass is 291 g/mol. The third-order valence-electron chi connectivity index (χ3n) is 4.59. The van der Waals surface area contributed by atoms with Crippen molar-refractivity contribution in [1.82, 2.24) is 5.32 Å². The van der Waals surface area contributed by atoms with Crippen LogP contribution in [0.3, 0.4) is 0 Å². The molecule has 0 radical (unpaired) electrons. The van der Waals surface area contributed by atoms with Crippen molar-refractivity contribution in [2.24, 2.45) is 5.92 Å². The quantitative estimate of drug-likeness (QED) is 0.875. The van der Waals surface area contributed by atoms with Gasteiger partial charge in [-0.2, -0.15) is 0 Å². The van der Waals surface area contributed by atoms with Crippen LogP contribution in [0.25, 0.3) is 0 Å². The Morgan fingerprint density at radius 1 is 1.19 bits per heavy atom. The molecule has 3 rings (SSSR count). The summed E-state index contributed by atoms with van der Waals surface area (Å²) in [5.41, 5.74) is 1.17. The van der Waals surface area contributed by atoms with E-state index in [0.29, 0.717) is 12.1 Å². The summed E-state index contributed by atoms with van der Waals surface area (Å²) >= 11 is 0. The van der Waals surface area contributed by atoms with Crippen LogP contribution in [0.15, 0.2) is 18.2 Å². The minimum atomic E-state index is 0.235. The molecule has 4 nitrogen and oxygen atoms in total. The van der Waals surface area contributed by atoms with Crippen molar-refractivity contribution in [2.75, 3.05) is 20.8 Å². The Labute approximate surface area is 126 Å². The van der Waals surface area contributed by atoms with Crippen molar-refractivity contribution < 1.29 is 14.2 Å². The number of benzene rings is 1. The second-order valence-corrected chi connectivity index (χ2v) is 6.06. The zero-order valence-electron chi connectivity index (χ0n) is 13.1. The highest BCUT2D eigenvalue weighted by atomic mass is 16.5. The maximum atomic E-state index is 5.91. The van der Waals surface area contributed by atoms with Gasteiger partial charge in [0.1, 0.15) is 11.5 Å². The maximum Gasteiger partial charge on any atom is 0.127 e. The molecule has 1 saturated heterocycles. The van der Waals surface area contributed by atoms with Crippen molar-refractivity contribution in [3.8, 4) is 11.5 Å². The average molecular weight is 291 g/mol. The Hall–Kier alpha value is -1.26. The van der Waals surface area contributed by atoms with Crippen LogP contribution in [0, 0.1) is 5.92 Å². The lowest BCUT2D eigenvalue weighted by molar-refractivity contribution is 0.0792. The first-order chi connectivity index (χ1) is 10.2. The minimum Gasteiger partial charge on any atom is -0.497 e. The molecule has 116 valence electrons. The summed E-state index contributed by atoms with van der Waals surface area (Å²) in [6, 6.07) is 6.70. The van der Waals surface area contributed by atoms with Crippen LogP contribution in [0.5, 0.6) is 11.5 Å². The molecule has 0 amide bonds. The molecule has 1 aromatic rings. The molecule has 2 aliphatic rings. The van der Waals surface area contributed by atoms with Crippen molar-refractivity contribution in [2.45, 2.75) is 44.4 Å². The zero-order valence-corrected chi connectivity index (χ0v) is 13.1. The summed E-state index contributed by atoms with van der Waals surface area (Å²) in [5, 5.41) is 3.73. The van der Waals surface area contributed by atoms with E-state index in [9.17, 15) is 0 Å². The van der Waals surface area contributed by atoms with Gasteiger partial charge in [0.05, 0.1) is 20.3 Å². The van der Waals surface area contributed by atoms with Gasteiger partial charge in [0.25, 0.3) is 0 Å². The predicted octanol–water partition coefficient (Wildman–Crippen LogP) is 2.92. The molecule has 4 heteroatoms. The second-order valence-electron chi connectivity index (χ2n) is 6.06. The first-order valence-corrected chi connectivity index (χ1v) is 7.82. The van der Waals surface area contributed by atoms with Crippen LogP contribution >= 0.6 is 0 Å². The van der Waals surface area contributed by atoms with E-state index in [1.807, 2.05) is 12.1 Å². The second kappa shape index (κ2) is 6.24. The SMILES string of the molecule is COc1ccc(C(C)NC2CCOC2C2CC2)c(OC)c1. The molecule has 2 fully saturated rings. The lowest BCUT2D eigenvalue weighted by Gasteiger charge is -2.25. The Balaban J connectivity index is 1.71. The van der Waals surface area contributed by atoms with Gasteiger partial charge in [0, 0.05) is 30.3 Å². The molecular formula is C17H25NO3. The fourth-order valence-electron chi connectivity index (χ4n) is 3.27. The van der Waals surface area contributed by atoms with E-state index in [-0.39, 0.29) is 6.04 Å². The third-order valence-corrected chi connectivity index (χ3v) is 4.59. The van der Waals surface area contributed by atoms with Crippen LogP contribution < -0.4 is 14.8 Å². The molecule has 0 aromatic heterocycles. The van der Waals surface area contributed by atoms with Crippen LogP contribution in [0.2, 0.25) is 0 Å². The van der Waals surface area contributed by atoms with Crippen LogP contribution in [-0.4, -0.2) is 33.0 Å². The summed E-state index contributed by atoms with van der Waals surface area (Å²) < 4.78 is 16.7. The molecule has 3 unspecified atom stereocenters. The van der Waals surface area contributed by atoms with E-state index in [0.717, 1.165) is 30.4 Å². The van der Waals surface area contributed by atoms with E-state index in [4.69, 9.17) is 14.2 Å². The Kier molecular flexibility index (Phi) is 4.36. The fourth-order valence-corrected chi connectivity index (χ4v) is 3.27. The molecule has 1 aliphatic heterocycles. The van der Waals surface area contributed by atoms with Gasteiger partial charge in [-0.25, -0.2) is 0 Å². The topological polar surface area (TPSA) is 39.7 Å². The molecule has 0 spiro atoms. The standard InChI is InChI=1S/C17H25NO3/c1-11(14-7-6-13(19-2)10-16(14)20-3)18-15-8-9-21-17(15)12-4-5-12/h6-7,10-12,15,17-18H,4-5,8-9H2,1-3H3. The smallest absolute Gasteiger partial charge is 0.127 e. The summed E-state index contributed by atoms with van der Waals surface area (Å²) in [6.45, 7) is 3.07. The highest BCUT2D eigenvalue weighted by Gasteiger charge is 2.41. The van der Waals surface area contributed by atoms with E-state index in [1.54, 1.807) is 14.2 Å². The van der Waals surface area contributed by atoms with E-state index >= 15 is 0 Å². The molecule has 3 atom stereocenters. The van der Waals surface area contributed by atoms with Gasteiger partial charge in [0.15, 0.2) is 0 Å². The van der Waals surface area contributed by atoms with Gasteiger partial charge in [-0.3, -0.25) is 0 Å². The molecule has 1 aromatic carbocycles. The number of ether oxygens (including phenoxy) is 3. The average Bonchev–Trinajstić information content (AvgIpc) is 3.26. The van der Waals surface area contributed by atoms with Crippen LogP contribution in [0.4, 0.5) is 0 Å². The fraction of sp³-hybridized carbons (Fsp3) is 0.647. The number of nitrogens with one attached hydrogen (secondary N) is 1. The van der Waals surface area contributed by atoms with Gasteiger partial charge < -0.3 is 19.5 Å². The lowest BCUT2D eigenvalue weighted by atomic mass is 10.0. The zero-order chi connectivity index (χ0) is 14.8. The number of hydrogen-bond acceptors (Lipinski definition) is 4. The Morgan fingerprint density at radius 2 is 2.00 bits per heavy atom. The van der Waals surface area contributed by atoms with Gasteiger partial charge >= 0.3 is 0 Å². The first kappa shape index (κ1) is 14.7. The molecule has 1 saturated carbocycles. The molecular weight excluding hydrogens is 266 g/mol. The summed E-state index contributed by atoms with van der Waals surface area (Å²) in [4.78, 5) is 0. The van der Waals surface area contributed by atoms with E-state index < -0.39 is 0 Å². The Morgan fingerprint density at radius 3 is 2.67 bits per heavy atom. The molecule has 0 bridgehead atoms. The van der Waals surface area contributed by atoms with Crippen LogP contribution in [0.1, 0.15) is 37.8 Å². The van der Waals surface area contributed by atoms with E-state index in [1.165, 1.54) is 18.4 Å². The number of rotatable bonds is 6. The summed E-state index contributed by atoms with van der Waals surface area (Å²) in [7, 11) is 3.38. The highest BCUT2D eigenvalue weighted by Crippen LogP contribution is 2.39. The lowest BCUT2D eigenvalue weighted by Crippen LogP contribution is -2.39. The summed E-state index contributed by atoms with van der Waals surface area (Å²) in [5.74, 6) is 2.47. The molecule has 21 heavy (non-hydrogen) atoms. The van der Waals surface area contributed by atoms with Gasteiger partial charge in [-0.05, 0) is 38.2 Å². The molecule has 1 aliphatic carbocycles. The Bertz CT molecular complexity index is 487. The minimum absolute atomic E-state index is 0.235. The van der Waals surface area contributed by atoms with Gasteiger partial charge in [-0.15, -0.1) is 0 Å². The number of hydrogen-bond donors (Lipinski definition) is 1. The highest BCUT2D eigenvalue weighted by molar-refractivity contribution is 5.42. The predicted molar refractivity (Wildman–Crippen MR) is 82.0 cm³/mol. The largest absolute Gasteiger partial charge is 0.497 e. The first-order valence-electron chi connectivity index (χ1n) is 7.82. The van der Waals surface area contributed by atoms with Crippen molar-refractivity contribution in [3.63, 3.8) is 0 Å². The number of methoxy groups -OCH3 is 2. The molecule has 1 N–H and O–H groups in total. The van der Waals surface area contributed by atoms with Crippen molar-refractivity contribution >= 4 is 0 Å². The third kappa shape index (κ3) is 3.16. The van der Waals surface area contributed by atoms with Gasteiger partial charge in [-0.1, -0.05) is 6.07 Å². The van der Waals surface area contributed by atoms with Gasteiger partial charge in [0.2, 0.25) is 0 Å².